The van der Waals surface area contributed by atoms with Crippen molar-refractivity contribution in [1.82, 2.24) is 4.98 Å². The van der Waals surface area contributed by atoms with Gasteiger partial charge in [0.15, 0.2) is 0 Å². The summed E-state index contributed by atoms with van der Waals surface area (Å²) >= 11 is 0. The van der Waals surface area contributed by atoms with Gasteiger partial charge >= 0.3 is 5.97 Å². The highest BCUT2D eigenvalue weighted by Crippen LogP contribution is 2.23. The number of esters is 1. The lowest BCUT2D eigenvalue weighted by Crippen LogP contribution is -2.11. The monoisotopic (exact) mass is 247 g/mol. The topological polar surface area (TPSA) is 39.2 Å². The molecule has 1 rings (SSSR count). The maximum Gasteiger partial charge on any atom is 0.311 e. The van der Waals surface area contributed by atoms with Crippen LogP contribution in [0.15, 0.2) is 6.07 Å². The van der Waals surface area contributed by atoms with E-state index < -0.39 is 23.9 Å². The van der Waals surface area contributed by atoms with Crippen LogP contribution in [-0.4, -0.2) is 17.6 Å². The number of aromatic nitrogens is 1. The van der Waals surface area contributed by atoms with E-state index in [0.29, 0.717) is 5.56 Å². The van der Waals surface area contributed by atoms with Gasteiger partial charge in [0.05, 0.1) is 24.3 Å². The molecule has 1 heterocycles. The number of ether oxygens (including phenoxy) is 1. The molecular formula is C11H12F3NO2. The minimum atomic E-state index is -2.92. The van der Waals surface area contributed by atoms with Crippen molar-refractivity contribution in [2.75, 3.05) is 6.61 Å². The van der Waals surface area contributed by atoms with Crippen molar-refractivity contribution in [2.24, 2.45) is 0 Å². The van der Waals surface area contributed by atoms with E-state index in [1.165, 1.54) is 6.92 Å². The summed E-state index contributed by atoms with van der Waals surface area (Å²) in [5, 5.41) is 0. The molecule has 6 heteroatoms. The molecular weight excluding hydrogens is 235 g/mol. The van der Waals surface area contributed by atoms with Gasteiger partial charge in [-0.15, -0.1) is 0 Å². The van der Waals surface area contributed by atoms with E-state index in [2.05, 4.69) is 9.72 Å². The van der Waals surface area contributed by atoms with Gasteiger partial charge in [-0.05, 0) is 25.5 Å². The Hall–Kier alpha value is -1.59. The smallest absolute Gasteiger partial charge is 0.311 e. The van der Waals surface area contributed by atoms with E-state index in [0.717, 1.165) is 6.07 Å². The number of carbonyl (C=O) groups is 1. The zero-order valence-electron chi connectivity index (χ0n) is 9.47. The fourth-order valence-electron chi connectivity index (χ4n) is 1.33. The summed E-state index contributed by atoms with van der Waals surface area (Å²) in [4.78, 5) is 14.5. The van der Waals surface area contributed by atoms with Crippen molar-refractivity contribution in [3.8, 4) is 0 Å². The van der Waals surface area contributed by atoms with E-state index in [9.17, 15) is 18.0 Å². The summed E-state index contributed by atoms with van der Waals surface area (Å²) in [6.07, 6.45) is -3.14. The summed E-state index contributed by atoms with van der Waals surface area (Å²) in [6, 6.07) is 1.00. The Bertz CT molecular complexity index is 421. The van der Waals surface area contributed by atoms with Gasteiger partial charge in [0, 0.05) is 0 Å². The van der Waals surface area contributed by atoms with Crippen LogP contribution < -0.4 is 0 Å². The number of nitrogens with zero attached hydrogens (tertiary/aromatic N) is 1. The number of halogens is 3. The zero-order chi connectivity index (χ0) is 13.0. The SMILES string of the molecule is CCOC(=O)Cc1nc(F)c(C(F)F)cc1C. The van der Waals surface area contributed by atoms with Gasteiger partial charge in [-0.3, -0.25) is 4.79 Å². The Kier molecular flexibility index (Phi) is 4.48. The minimum Gasteiger partial charge on any atom is -0.466 e. The molecule has 0 aliphatic carbocycles. The van der Waals surface area contributed by atoms with E-state index in [4.69, 9.17) is 0 Å². The van der Waals surface area contributed by atoms with E-state index in [1.807, 2.05) is 0 Å². The lowest BCUT2D eigenvalue weighted by atomic mass is 10.1. The van der Waals surface area contributed by atoms with Gasteiger partial charge in [-0.2, -0.15) is 4.39 Å². The van der Waals surface area contributed by atoms with Crippen LogP contribution in [0.5, 0.6) is 0 Å². The molecule has 0 atom stereocenters. The van der Waals surface area contributed by atoms with Gasteiger partial charge in [0.25, 0.3) is 6.43 Å². The molecule has 0 aromatic carbocycles. The second-order valence-electron chi connectivity index (χ2n) is 3.41. The number of alkyl halides is 2. The van der Waals surface area contributed by atoms with Crippen LogP contribution in [0.3, 0.4) is 0 Å². The minimum absolute atomic E-state index is 0.116. The highest BCUT2D eigenvalue weighted by atomic mass is 19.3. The molecule has 0 amide bonds. The third kappa shape index (κ3) is 3.44. The van der Waals surface area contributed by atoms with Crippen molar-refractivity contribution in [3.63, 3.8) is 0 Å². The Morgan fingerprint density at radius 1 is 1.53 bits per heavy atom. The predicted octanol–water partition coefficient (Wildman–Crippen LogP) is 2.57. The van der Waals surface area contributed by atoms with Crippen molar-refractivity contribution >= 4 is 5.97 Å². The van der Waals surface area contributed by atoms with Crippen LogP contribution in [-0.2, 0) is 16.0 Å². The van der Waals surface area contributed by atoms with Gasteiger partial charge in [-0.1, -0.05) is 0 Å². The van der Waals surface area contributed by atoms with Crippen molar-refractivity contribution in [2.45, 2.75) is 26.7 Å². The number of hydrogen-bond donors (Lipinski definition) is 0. The molecule has 0 bridgehead atoms. The number of hydrogen-bond acceptors (Lipinski definition) is 3. The molecule has 0 fully saturated rings. The molecule has 1 aromatic heterocycles. The summed E-state index contributed by atoms with van der Waals surface area (Å²) in [5.74, 6) is -1.81. The Morgan fingerprint density at radius 2 is 2.18 bits per heavy atom. The summed E-state index contributed by atoms with van der Waals surface area (Å²) in [7, 11) is 0. The van der Waals surface area contributed by atoms with Crippen LogP contribution in [0.4, 0.5) is 13.2 Å². The quantitative estimate of drug-likeness (QED) is 0.606. The van der Waals surface area contributed by atoms with Gasteiger partial charge in [-0.25, -0.2) is 13.8 Å². The van der Waals surface area contributed by atoms with E-state index in [1.54, 1.807) is 6.92 Å². The lowest BCUT2D eigenvalue weighted by molar-refractivity contribution is -0.142. The fraction of sp³-hybridized carbons (Fsp3) is 0.455. The molecule has 3 nitrogen and oxygen atoms in total. The predicted molar refractivity (Wildman–Crippen MR) is 54.2 cm³/mol. The first-order valence-electron chi connectivity index (χ1n) is 5.05. The molecule has 17 heavy (non-hydrogen) atoms. The molecule has 1 aromatic rings. The second kappa shape index (κ2) is 5.65. The fourth-order valence-corrected chi connectivity index (χ4v) is 1.33. The highest BCUT2D eigenvalue weighted by molar-refractivity contribution is 5.72. The van der Waals surface area contributed by atoms with E-state index >= 15 is 0 Å². The average molecular weight is 247 g/mol. The van der Waals surface area contributed by atoms with Crippen LogP contribution in [0.2, 0.25) is 0 Å². The number of pyridine rings is 1. The van der Waals surface area contributed by atoms with Crippen molar-refractivity contribution in [1.29, 1.82) is 0 Å². The van der Waals surface area contributed by atoms with Gasteiger partial charge in [0.2, 0.25) is 5.95 Å². The molecule has 0 spiro atoms. The number of aryl methyl sites for hydroxylation is 1. The van der Waals surface area contributed by atoms with E-state index in [-0.39, 0.29) is 18.7 Å². The second-order valence-corrected chi connectivity index (χ2v) is 3.41. The zero-order valence-corrected chi connectivity index (χ0v) is 9.47. The van der Waals surface area contributed by atoms with Crippen LogP contribution >= 0.6 is 0 Å². The third-order valence-electron chi connectivity index (χ3n) is 2.15. The third-order valence-corrected chi connectivity index (χ3v) is 2.15. The largest absolute Gasteiger partial charge is 0.466 e. The van der Waals surface area contributed by atoms with Crippen molar-refractivity contribution < 1.29 is 22.7 Å². The maximum atomic E-state index is 13.2. The van der Waals surface area contributed by atoms with Gasteiger partial charge < -0.3 is 4.74 Å². The normalized spacial score (nSPS) is 10.7. The molecule has 0 aliphatic heterocycles. The first-order valence-corrected chi connectivity index (χ1v) is 5.05. The molecule has 0 N–H and O–H groups in total. The Labute approximate surface area is 96.6 Å². The van der Waals surface area contributed by atoms with Crippen LogP contribution in [0.1, 0.15) is 30.2 Å². The molecule has 0 saturated carbocycles. The molecule has 94 valence electrons. The lowest BCUT2D eigenvalue weighted by Gasteiger charge is -2.08. The summed E-state index contributed by atoms with van der Waals surface area (Å²) < 4.78 is 42.5. The number of carbonyl (C=O) groups excluding carboxylic acids is 1. The van der Waals surface area contributed by atoms with Crippen LogP contribution in [0.25, 0.3) is 0 Å². The summed E-state index contributed by atoms with van der Waals surface area (Å²) in [6.45, 7) is 3.33. The maximum absolute atomic E-state index is 13.2. The molecule has 0 unspecified atom stereocenters. The molecule has 0 radical (unpaired) electrons. The first-order chi connectivity index (χ1) is 7.95. The Balaban J connectivity index is 2.95. The molecule has 0 saturated heterocycles. The van der Waals surface area contributed by atoms with Gasteiger partial charge in [0.1, 0.15) is 0 Å². The molecule has 0 aliphatic rings. The number of rotatable bonds is 4. The van der Waals surface area contributed by atoms with Crippen LogP contribution in [0, 0.1) is 12.9 Å². The first kappa shape index (κ1) is 13.5. The highest BCUT2D eigenvalue weighted by Gasteiger charge is 2.18. The average Bonchev–Trinajstić information content (AvgIpc) is 2.22. The van der Waals surface area contributed by atoms with Crippen molar-refractivity contribution in [3.05, 3.63) is 28.8 Å². The standard InChI is InChI=1S/C11H12F3NO2/c1-3-17-9(16)5-8-6(2)4-7(10(12)13)11(14)15-8/h4,10H,3,5H2,1-2H3. The summed E-state index contributed by atoms with van der Waals surface area (Å²) in [5.41, 5.74) is -0.296. The Morgan fingerprint density at radius 3 is 2.71 bits per heavy atom.